The third kappa shape index (κ3) is 9.56. The van der Waals surface area contributed by atoms with E-state index in [1.165, 1.54) is 18.9 Å². The van der Waals surface area contributed by atoms with Crippen LogP contribution in [0.15, 0.2) is 11.8 Å². The number of thioether (sulfide) groups is 1. The molecule has 162 valence electrons. The summed E-state index contributed by atoms with van der Waals surface area (Å²) in [5.74, 6) is -3.03. The number of halogens is 3. The molecule has 0 saturated carbocycles. The summed E-state index contributed by atoms with van der Waals surface area (Å²) in [5.41, 5.74) is 1.88. The van der Waals surface area contributed by atoms with Crippen LogP contribution in [-0.2, 0) is 25.7 Å². The maximum Gasteiger partial charge on any atom is 0.490 e. The summed E-state index contributed by atoms with van der Waals surface area (Å²) >= 11 is 1.36. The number of methoxy groups -OCH3 is 1. The number of hydrogen-bond acceptors (Lipinski definition) is 8. The van der Waals surface area contributed by atoms with Crippen LogP contribution in [0.4, 0.5) is 13.2 Å². The first kappa shape index (κ1) is 24.6. The highest BCUT2D eigenvalue weighted by Gasteiger charge is 2.38. The van der Waals surface area contributed by atoms with Gasteiger partial charge in [-0.15, -0.1) is 5.10 Å². The summed E-state index contributed by atoms with van der Waals surface area (Å²) in [7, 11) is 1.36. The molecule has 0 radical (unpaired) electrons. The molecule has 1 atom stereocenters. The van der Waals surface area contributed by atoms with Gasteiger partial charge in [0.25, 0.3) is 0 Å². The van der Waals surface area contributed by atoms with Gasteiger partial charge < -0.3 is 15.2 Å². The molecule has 1 aromatic heterocycles. The molecule has 2 rings (SSSR count). The van der Waals surface area contributed by atoms with Crippen molar-refractivity contribution in [2.24, 2.45) is 0 Å². The number of alkyl halides is 3. The summed E-state index contributed by atoms with van der Waals surface area (Å²) in [6, 6.07) is 0. The van der Waals surface area contributed by atoms with Crippen LogP contribution in [0, 0.1) is 0 Å². The minimum atomic E-state index is -5.08. The fourth-order valence-electron chi connectivity index (χ4n) is 2.23. The largest absolute Gasteiger partial charge is 0.490 e. The van der Waals surface area contributed by atoms with Crippen LogP contribution in [0.1, 0.15) is 25.5 Å². The maximum absolute atomic E-state index is 11.3. The zero-order chi connectivity index (χ0) is 22.0. The van der Waals surface area contributed by atoms with Gasteiger partial charge in [0.15, 0.2) is 5.12 Å². The predicted molar refractivity (Wildman–Crippen MR) is 97.9 cm³/mol. The molecule has 1 unspecified atom stereocenters. The van der Waals surface area contributed by atoms with Crippen LogP contribution in [0.3, 0.4) is 0 Å². The monoisotopic (exact) mass is 438 g/mol. The number of carboxylic acid groups (broad SMARTS) is 1. The van der Waals surface area contributed by atoms with E-state index in [1.54, 1.807) is 17.8 Å². The smallest absolute Gasteiger partial charge is 0.475 e. The van der Waals surface area contributed by atoms with E-state index in [0.29, 0.717) is 6.54 Å². The van der Waals surface area contributed by atoms with E-state index in [1.807, 2.05) is 6.08 Å². The minimum absolute atomic E-state index is 0.125. The highest BCUT2D eigenvalue weighted by molar-refractivity contribution is 8.14. The van der Waals surface area contributed by atoms with Crippen molar-refractivity contribution in [1.82, 2.24) is 20.3 Å². The number of aromatic nitrogens is 3. The first-order valence-electron chi connectivity index (χ1n) is 8.38. The van der Waals surface area contributed by atoms with Gasteiger partial charge in [0, 0.05) is 18.7 Å². The number of hydrogen-bond donors (Lipinski definition) is 2. The van der Waals surface area contributed by atoms with Crippen LogP contribution in [-0.4, -0.2) is 68.8 Å². The lowest BCUT2D eigenvalue weighted by atomic mass is 10.1. The van der Waals surface area contributed by atoms with Crippen molar-refractivity contribution in [3.05, 3.63) is 17.5 Å². The Kier molecular flexibility index (Phi) is 9.81. The van der Waals surface area contributed by atoms with E-state index in [0.717, 1.165) is 30.8 Å². The number of ether oxygens (including phenoxy) is 1. The van der Waals surface area contributed by atoms with Crippen molar-refractivity contribution < 1.29 is 37.4 Å². The van der Waals surface area contributed by atoms with Crippen LogP contribution in [0.5, 0.6) is 0 Å². The van der Waals surface area contributed by atoms with Crippen LogP contribution < -0.4 is 5.32 Å². The molecule has 0 bridgehead atoms. The highest BCUT2D eigenvalue weighted by atomic mass is 32.2. The first-order valence-corrected chi connectivity index (χ1v) is 9.26. The topological polar surface area (TPSA) is 123 Å². The summed E-state index contributed by atoms with van der Waals surface area (Å²) in [5, 5.41) is 18.8. The number of nitrogens with zero attached hydrogens (tertiary/aromatic N) is 3. The molecule has 0 aromatic carbocycles. The number of carbonyl (C=O) groups excluding carboxylic acids is 2. The summed E-state index contributed by atoms with van der Waals surface area (Å²) in [6.07, 6.45) is -0.138. The van der Waals surface area contributed by atoms with Crippen molar-refractivity contribution in [2.45, 2.75) is 37.7 Å². The molecule has 2 heterocycles. The number of piperidine rings is 1. The second kappa shape index (κ2) is 11.6. The molecule has 0 amide bonds. The average molecular weight is 438 g/mol. The zero-order valence-electron chi connectivity index (χ0n) is 15.7. The van der Waals surface area contributed by atoms with Gasteiger partial charge in [0.2, 0.25) is 0 Å². The molecule has 1 aliphatic rings. The number of aliphatic carboxylic acids is 1. The van der Waals surface area contributed by atoms with Crippen LogP contribution >= 0.6 is 11.8 Å². The molecule has 9 nitrogen and oxygen atoms in total. The molecule has 1 aliphatic heterocycles. The second-order valence-corrected chi connectivity index (χ2v) is 7.20. The van der Waals surface area contributed by atoms with Gasteiger partial charge in [0.1, 0.15) is 5.69 Å². The maximum atomic E-state index is 11.3. The second-order valence-electron chi connectivity index (χ2n) is 5.82. The minimum Gasteiger partial charge on any atom is -0.475 e. The zero-order valence-corrected chi connectivity index (χ0v) is 16.5. The Morgan fingerprint density at radius 2 is 2.10 bits per heavy atom. The number of esters is 1. The van der Waals surface area contributed by atoms with Gasteiger partial charge >= 0.3 is 18.1 Å². The van der Waals surface area contributed by atoms with E-state index in [-0.39, 0.29) is 22.8 Å². The third-order valence-corrected chi connectivity index (χ3v) is 4.69. The summed E-state index contributed by atoms with van der Waals surface area (Å²) < 4.78 is 37.9. The lowest BCUT2D eigenvalue weighted by molar-refractivity contribution is -0.192. The van der Waals surface area contributed by atoms with Crippen molar-refractivity contribution in [3.8, 4) is 0 Å². The van der Waals surface area contributed by atoms with Gasteiger partial charge in [-0.25, -0.2) is 4.79 Å². The van der Waals surface area contributed by atoms with Gasteiger partial charge in [-0.3, -0.25) is 14.3 Å². The Bertz CT molecular complexity index is 751. The fraction of sp³-hybridized carbons (Fsp3) is 0.562. The van der Waals surface area contributed by atoms with Gasteiger partial charge in [0.05, 0.1) is 26.3 Å². The van der Waals surface area contributed by atoms with E-state index in [2.05, 4.69) is 20.4 Å². The number of carbonyl (C=O) groups is 3. The predicted octanol–water partition coefficient (Wildman–Crippen LogP) is 1.50. The van der Waals surface area contributed by atoms with Crippen molar-refractivity contribution in [3.63, 3.8) is 0 Å². The number of carboxylic acids is 1. The standard InChI is InChI=1S/C14H20N4O3S.C2HF3O2/c1-10(19)22-13-3-5-15-8-11(13)7-12-9-18(17-16-12)6-4-14(20)21-2;3-2(4,5)1(6)7/h7,9,13,15H,3-6,8H2,1-2H3;(H,6,7). The van der Waals surface area contributed by atoms with E-state index >= 15 is 0 Å². The van der Waals surface area contributed by atoms with Gasteiger partial charge in [-0.2, -0.15) is 13.2 Å². The Morgan fingerprint density at radius 1 is 1.45 bits per heavy atom. The van der Waals surface area contributed by atoms with Gasteiger partial charge in [-0.05, 0) is 24.6 Å². The molecular weight excluding hydrogens is 417 g/mol. The van der Waals surface area contributed by atoms with Crippen LogP contribution in [0.2, 0.25) is 0 Å². The molecule has 1 saturated heterocycles. The molecule has 1 aromatic rings. The summed E-state index contributed by atoms with van der Waals surface area (Å²) in [6.45, 7) is 3.69. The van der Waals surface area contributed by atoms with Crippen LogP contribution in [0.25, 0.3) is 6.08 Å². The van der Waals surface area contributed by atoms with Crippen molar-refractivity contribution >= 4 is 34.9 Å². The van der Waals surface area contributed by atoms with Crippen molar-refractivity contribution in [2.75, 3.05) is 20.2 Å². The quantitative estimate of drug-likeness (QED) is 0.658. The third-order valence-electron chi connectivity index (χ3n) is 3.54. The van der Waals surface area contributed by atoms with E-state index < -0.39 is 12.1 Å². The molecule has 13 heteroatoms. The Hall–Kier alpha value is -2.41. The first-order chi connectivity index (χ1) is 13.5. The highest BCUT2D eigenvalue weighted by Crippen LogP contribution is 2.26. The molecule has 2 N–H and O–H groups in total. The van der Waals surface area contributed by atoms with E-state index in [4.69, 9.17) is 9.90 Å². The SMILES string of the molecule is COC(=O)CCn1cc(C=C2CNCCC2SC(C)=O)nn1.O=C(O)C(F)(F)F. The molecule has 0 spiro atoms. The van der Waals surface area contributed by atoms with Gasteiger partial charge in [-0.1, -0.05) is 17.0 Å². The Balaban J connectivity index is 0.000000516. The molecule has 29 heavy (non-hydrogen) atoms. The molecular formula is C16H21F3N4O5S. The number of aryl methyl sites for hydroxylation is 1. The fourth-order valence-corrected chi connectivity index (χ4v) is 3.17. The normalized spacial score (nSPS) is 18.0. The molecule has 1 fully saturated rings. The van der Waals surface area contributed by atoms with E-state index in [9.17, 15) is 22.8 Å². The number of rotatable bonds is 5. The summed E-state index contributed by atoms with van der Waals surface area (Å²) in [4.78, 5) is 31.3. The van der Waals surface area contributed by atoms with Crippen molar-refractivity contribution in [1.29, 1.82) is 0 Å². The Morgan fingerprint density at radius 3 is 2.66 bits per heavy atom. The molecule has 0 aliphatic carbocycles. The Labute approximate surface area is 168 Å². The lowest BCUT2D eigenvalue weighted by Gasteiger charge is -2.24. The average Bonchev–Trinajstić information content (AvgIpc) is 3.08. The number of nitrogens with one attached hydrogen (secondary N) is 1. The lowest BCUT2D eigenvalue weighted by Crippen LogP contribution is -2.32.